The summed E-state index contributed by atoms with van der Waals surface area (Å²) in [6.45, 7) is 2.31. The van der Waals surface area contributed by atoms with E-state index in [4.69, 9.17) is 5.26 Å². The normalized spacial score (nSPS) is 29.2. The molecule has 1 heteroatoms. The molecule has 0 amide bonds. The zero-order valence-electron chi connectivity index (χ0n) is 16.8. The Morgan fingerprint density at radius 2 is 1.42 bits per heavy atom. The SMILES string of the molecule is CCCCCCC1CCC(C2CCC(c3ccc(C#N)cc3)CC2)CC1. The van der Waals surface area contributed by atoms with E-state index in [9.17, 15) is 0 Å². The molecule has 3 rings (SSSR count). The predicted octanol–water partition coefficient (Wildman–Crippen LogP) is 7.61. The van der Waals surface area contributed by atoms with E-state index in [2.05, 4.69) is 25.1 Å². The summed E-state index contributed by atoms with van der Waals surface area (Å²) >= 11 is 0. The molecule has 2 aliphatic rings. The second kappa shape index (κ2) is 10.1. The van der Waals surface area contributed by atoms with E-state index in [-0.39, 0.29) is 0 Å². The van der Waals surface area contributed by atoms with E-state index < -0.39 is 0 Å². The van der Waals surface area contributed by atoms with Crippen LogP contribution in [0.15, 0.2) is 24.3 Å². The molecule has 0 spiro atoms. The predicted molar refractivity (Wildman–Crippen MR) is 110 cm³/mol. The third-order valence-corrected chi connectivity index (χ3v) is 7.31. The van der Waals surface area contributed by atoms with E-state index >= 15 is 0 Å². The van der Waals surface area contributed by atoms with Gasteiger partial charge in [-0.25, -0.2) is 0 Å². The first-order valence-electron chi connectivity index (χ1n) is 11.3. The lowest BCUT2D eigenvalue weighted by atomic mass is 9.68. The highest BCUT2D eigenvalue weighted by Gasteiger charge is 2.31. The molecule has 0 aromatic heterocycles. The average molecular weight is 352 g/mol. The second-order valence-corrected chi connectivity index (χ2v) is 8.98. The Hall–Kier alpha value is -1.29. The van der Waals surface area contributed by atoms with Crippen LogP contribution in [0.3, 0.4) is 0 Å². The van der Waals surface area contributed by atoms with Crippen molar-refractivity contribution < 1.29 is 0 Å². The maximum Gasteiger partial charge on any atom is 0.0991 e. The number of nitriles is 1. The van der Waals surface area contributed by atoms with Crippen LogP contribution in [0.5, 0.6) is 0 Å². The van der Waals surface area contributed by atoms with Crippen molar-refractivity contribution >= 4 is 0 Å². The van der Waals surface area contributed by atoms with Crippen LogP contribution >= 0.6 is 0 Å². The van der Waals surface area contributed by atoms with E-state index in [1.54, 1.807) is 0 Å². The van der Waals surface area contributed by atoms with Crippen LogP contribution in [0.1, 0.15) is 107 Å². The molecule has 0 unspecified atom stereocenters. The van der Waals surface area contributed by atoms with Gasteiger partial charge >= 0.3 is 0 Å². The molecular formula is C25H37N. The molecular weight excluding hydrogens is 314 g/mol. The maximum atomic E-state index is 8.96. The van der Waals surface area contributed by atoms with E-state index in [1.807, 2.05) is 12.1 Å². The molecule has 1 aromatic rings. The van der Waals surface area contributed by atoms with Crippen LogP contribution in [0, 0.1) is 29.1 Å². The van der Waals surface area contributed by atoms with Crippen molar-refractivity contribution in [1.82, 2.24) is 0 Å². The van der Waals surface area contributed by atoms with E-state index in [1.165, 1.54) is 89.0 Å². The summed E-state index contributed by atoms with van der Waals surface area (Å²) in [5.74, 6) is 3.78. The Bertz CT molecular complexity index is 551. The van der Waals surface area contributed by atoms with Crippen molar-refractivity contribution in [2.75, 3.05) is 0 Å². The molecule has 2 fully saturated rings. The first kappa shape index (κ1) is 19.5. The van der Waals surface area contributed by atoms with Gasteiger partial charge in [-0.3, -0.25) is 0 Å². The Morgan fingerprint density at radius 1 is 0.808 bits per heavy atom. The maximum absolute atomic E-state index is 8.96. The summed E-state index contributed by atoms with van der Waals surface area (Å²) < 4.78 is 0. The topological polar surface area (TPSA) is 23.8 Å². The van der Waals surface area contributed by atoms with Gasteiger partial charge in [-0.15, -0.1) is 0 Å². The van der Waals surface area contributed by atoms with Crippen LogP contribution in [-0.2, 0) is 0 Å². The molecule has 142 valence electrons. The first-order valence-corrected chi connectivity index (χ1v) is 11.3. The van der Waals surface area contributed by atoms with Gasteiger partial charge in [-0.1, -0.05) is 64.0 Å². The molecule has 0 radical (unpaired) electrons. The summed E-state index contributed by atoms with van der Waals surface area (Å²) in [6.07, 6.45) is 18.8. The number of hydrogen-bond donors (Lipinski definition) is 0. The zero-order valence-corrected chi connectivity index (χ0v) is 16.8. The van der Waals surface area contributed by atoms with Gasteiger partial charge in [0.05, 0.1) is 11.6 Å². The first-order chi connectivity index (χ1) is 12.8. The van der Waals surface area contributed by atoms with Gasteiger partial charge in [0.1, 0.15) is 0 Å². The van der Waals surface area contributed by atoms with Crippen molar-refractivity contribution in [2.24, 2.45) is 17.8 Å². The highest BCUT2D eigenvalue weighted by molar-refractivity contribution is 5.33. The van der Waals surface area contributed by atoms with Crippen LogP contribution < -0.4 is 0 Å². The van der Waals surface area contributed by atoms with Gasteiger partial charge in [0, 0.05) is 0 Å². The van der Waals surface area contributed by atoms with Crippen molar-refractivity contribution in [3.05, 3.63) is 35.4 Å². The van der Waals surface area contributed by atoms with Crippen molar-refractivity contribution in [3.63, 3.8) is 0 Å². The summed E-state index contributed by atoms with van der Waals surface area (Å²) in [5, 5.41) is 8.96. The van der Waals surface area contributed by atoms with E-state index in [0.717, 1.165) is 29.2 Å². The highest BCUT2D eigenvalue weighted by Crippen LogP contribution is 2.44. The van der Waals surface area contributed by atoms with Crippen molar-refractivity contribution in [1.29, 1.82) is 5.26 Å². The molecule has 2 saturated carbocycles. The van der Waals surface area contributed by atoms with Crippen molar-refractivity contribution in [2.45, 2.75) is 96.3 Å². The highest BCUT2D eigenvalue weighted by atomic mass is 14.4. The van der Waals surface area contributed by atoms with Crippen LogP contribution in [0.4, 0.5) is 0 Å². The molecule has 0 aliphatic heterocycles. The summed E-state index contributed by atoms with van der Waals surface area (Å²) in [4.78, 5) is 0. The smallest absolute Gasteiger partial charge is 0.0991 e. The van der Waals surface area contributed by atoms with Crippen LogP contribution in [0.2, 0.25) is 0 Å². The third kappa shape index (κ3) is 5.35. The molecule has 26 heavy (non-hydrogen) atoms. The standard InChI is InChI=1S/C25H37N/c1-2-3-4-5-6-20-7-11-22(12-8-20)24-15-17-25(18-16-24)23-13-9-21(19-26)10-14-23/h9-10,13-14,20,22,24-25H,2-8,11-12,15-18H2,1H3. The minimum atomic E-state index is 0.730. The molecule has 0 heterocycles. The molecule has 0 saturated heterocycles. The van der Waals surface area contributed by atoms with Crippen LogP contribution in [0.25, 0.3) is 0 Å². The van der Waals surface area contributed by atoms with E-state index in [0.29, 0.717) is 0 Å². The quantitative estimate of drug-likeness (QED) is 0.464. The van der Waals surface area contributed by atoms with Gasteiger partial charge in [0.25, 0.3) is 0 Å². The fraction of sp³-hybridized carbons (Fsp3) is 0.720. The van der Waals surface area contributed by atoms with Gasteiger partial charge in [-0.2, -0.15) is 5.26 Å². The van der Waals surface area contributed by atoms with Crippen molar-refractivity contribution in [3.8, 4) is 6.07 Å². The summed E-state index contributed by atoms with van der Waals surface area (Å²) in [5.41, 5.74) is 2.24. The average Bonchev–Trinajstić information content (AvgIpc) is 2.72. The third-order valence-electron chi connectivity index (χ3n) is 7.31. The molecule has 0 N–H and O–H groups in total. The second-order valence-electron chi connectivity index (χ2n) is 8.98. The van der Waals surface area contributed by atoms with Gasteiger partial charge < -0.3 is 0 Å². The zero-order chi connectivity index (χ0) is 18.2. The summed E-state index contributed by atoms with van der Waals surface area (Å²) in [6, 6.07) is 10.6. The fourth-order valence-corrected chi connectivity index (χ4v) is 5.56. The van der Waals surface area contributed by atoms with Gasteiger partial charge in [0.15, 0.2) is 0 Å². The minimum absolute atomic E-state index is 0.730. The number of hydrogen-bond acceptors (Lipinski definition) is 1. The number of rotatable bonds is 7. The monoisotopic (exact) mass is 351 g/mol. The largest absolute Gasteiger partial charge is 0.192 e. The Morgan fingerprint density at radius 3 is 2.00 bits per heavy atom. The Kier molecular flexibility index (Phi) is 7.60. The molecule has 2 aliphatic carbocycles. The molecule has 1 aromatic carbocycles. The number of benzene rings is 1. The minimum Gasteiger partial charge on any atom is -0.192 e. The molecule has 0 bridgehead atoms. The van der Waals surface area contributed by atoms with Gasteiger partial charge in [-0.05, 0) is 79.9 Å². The lowest BCUT2D eigenvalue weighted by Gasteiger charge is -2.38. The Labute approximate surface area is 161 Å². The molecule has 0 atom stereocenters. The van der Waals surface area contributed by atoms with Crippen LogP contribution in [-0.4, -0.2) is 0 Å². The summed E-state index contributed by atoms with van der Waals surface area (Å²) in [7, 11) is 0. The number of nitrogens with zero attached hydrogens (tertiary/aromatic N) is 1. The lowest BCUT2D eigenvalue weighted by Crippen LogP contribution is -2.25. The fourth-order valence-electron chi connectivity index (χ4n) is 5.56. The Balaban J connectivity index is 1.38. The lowest BCUT2D eigenvalue weighted by molar-refractivity contribution is 0.155. The number of unbranched alkanes of at least 4 members (excludes halogenated alkanes) is 3. The van der Waals surface area contributed by atoms with Gasteiger partial charge in [0.2, 0.25) is 0 Å². The molecule has 1 nitrogen and oxygen atoms in total.